The van der Waals surface area contributed by atoms with Crippen molar-refractivity contribution in [3.8, 4) is 0 Å². The van der Waals surface area contributed by atoms with Crippen molar-refractivity contribution < 1.29 is 0 Å². The molecule has 1 atom stereocenters. The number of aromatic nitrogens is 2. The second-order valence-corrected chi connectivity index (χ2v) is 6.78. The van der Waals surface area contributed by atoms with Gasteiger partial charge in [-0.15, -0.1) is 0 Å². The van der Waals surface area contributed by atoms with E-state index in [4.69, 9.17) is 0 Å². The first-order chi connectivity index (χ1) is 12.3. The van der Waals surface area contributed by atoms with Crippen molar-refractivity contribution in [2.24, 2.45) is 0 Å². The zero-order chi connectivity index (χ0) is 17.5. The molecule has 0 fully saturated rings. The molecule has 130 valence electrons. The van der Waals surface area contributed by atoms with Crippen LogP contribution in [0.5, 0.6) is 0 Å². The number of aromatic amines is 1. The molecule has 0 aliphatic heterocycles. The van der Waals surface area contributed by atoms with Crippen LogP contribution in [0, 0.1) is 0 Å². The number of pyridine rings is 2. The third kappa shape index (κ3) is 4.79. The highest BCUT2D eigenvalue weighted by Crippen LogP contribution is 2.28. The highest BCUT2D eigenvalue weighted by molar-refractivity contribution is 5.79. The molecule has 1 aromatic carbocycles. The number of H-pyrrole nitrogens is 1. The number of rotatable bonds is 8. The van der Waals surface area contributed by atoms with Gasteiger partial charge in [-0.2, -0.15) is 0 Å². The van der Waals surface area contributed by atoms with E-state index in [2.05, 4.69) is 35.1 Å². The minimum Gasteiger partial charge on any atom is -0.322 e. The number of nitrogens with zero attached hydrogens (tertiary/aromatic N) is 1. The van der Waals surface area contributed by atoms with E-state index in [1.165, 1.54) is 43.2 Å². The lowest BCUT2D eigenvalue weighted by Crippen LogP contribution is -2.06. The largest absolute Gasteiger partial charge is 0.322 e. The zero-order valence-corrected chi connectivity index (χ0v) is 14.9. The number of hydrogen-bond donors (Lipinski definition) is 1. The summed E-state index contributed by atoms with van der Waals surface area (Å²) in [4.78, 5) is 18.6. The first-order valence-electron chi connectivity index (χ1n) is 9.28. The predicted octanol–water partition coefficient (Wildman–Crippen LogP) is 5.22. The quantitative estimate of drug-likeness (QED) is 0.574. The molecule has 2 aromatic heterocycles. The van der Waals surface area contributed by atoms with Gasteiger partial charge in [0.05, 0.1) is 0 Å². The molecule has 3 rings (SSSR count). The summed E-state index contributed by atoms with van der Waals surface area (Å²) >= 11 is 0. The molecule has 3 nitrogen and oxygen atoms in total. The molecule has 0 amide bonds. The lowest BCUT2D eigenvalue weighted by atomic mass is 9.87. The van der Waals surface area contributed by atoms with Crippen LogP contribution in [0.2, 0.25) is 0 Å². The Morgan fingerprint density at radius 1 is 1.08 bits per heavy atom. The molecular formula is C22H26N2O. The summed E-state index contributed by atoms with van der Waals surface area (Å²) in [6, 6.07) is 14.1. The standard InChI is InChI=1S/C22H26N2O/c1-2-3-4-5-8-18(14-17-7-6-13-23-16-17)19-9-11-21-20(15-19)10-12-22(25)24-21/h6-7,9-13,15-16,18H,2-5,8,14H2,1H3,(H,24,25). The summed E-state index contributed by atoms with van der Waals surface area (Å²) in [5.74, 6) is 0.484. The van der Waals surface area contributed by atoms with Crippen molar-refractivity contribution in [2.75, 3.05) is 0 Å². The fourth-order valence-corrected chi connectivity index (χ4v) is 3.43. The minimum atomic E-state index is -0.0493. The molecule has 0 spiro atoms. The van der Waals surface area contributed by atoms with Crippen LogP contribution >= 0.6 is 0 Å². The summed E-state index contributed by atoms with van der Waals surface area (Å²) < 4.78 is 0. The Hall–Kier alpha value is -2.42. The molecule has 0 bridgehead atoms. The van der Waals surface area contributed by atoms with E-state index in [0.29, 0.717) is 5.92 Å². The zero-order valence-electron chi connectivity index (χ0n) is 14.9. The third-order valence-electron chi connectivity index (χ3n) is 4.83. The fraction of sp³-hybridized carbons (Fsp3) is 0.364. The second-order valence-electron chi connectivity index (χ2n) is 6.78. The first kappa shape index (κ1) is 17.4. The van der Waals surface area contributed by atoms with Crippen LogP contribution < -0.4 is 5.56 Å². The molecule has 2 heterocycles. The van der Waals surface area contributed by atoms with E-state index < -0.39 is 0 Å². The van der Waals surface area contributed by atoms with Crippen molar-refractivity contribution in [1.29, 1.82) is 0 Å². The van der Waals surface area contributed by atoms with E-state index in [0.717, 1.165) is 17.3 Å². The molecule has 0 aliphatic rings. The van der Waals surface area contributed by atoms with Gasteiger partial charge in [0, 0.05) is 24.0 Å². The van der Waals surface area contributed by atoms with Crippen LogP contribution in [-0.2, 0) is 6.42 Å². The summed E-state index contributed by atoms with van der Waals surface area (Å²) in [6.07, 6.45) is 11.1. The van der Waals surface area contributed by atoms with E-state index in [-0.39, 0.29) is 5.56 Å². The summed E-state index contributed by atoms with van der Waals surface area (Å²) in [5, 5.41) is 1.10. The Labute approximate surface area is 149 Å². The van der Waals surface area contributed by atoms with Gasteiger partial charge in [0.2, 0.25) is 5.56 Å². The van der Waals surface area contributed by atoms with Crippen molar-refractivity contribution in [1.82, 2.24) is 9.97 Å². The number of hydrogen-bond acceptors (Lipinski definition) is 2. The Morgan fingerprint density at radius 2 is 2.00 bits per heavy atom. The molecule has 1 unspecified atom stereocenters. The average Bonchev–Trinajstić information content (AvgIpc) is 2.64. The van der Waals surface area contributed by atoms with Crippen molar-refractivity contribution in [3.63, 3.8) is 0 Å². The lowest BCUT2D eigenvalue weighted by Gasteiger charge is -2.18. The van der Waals surface area contributed by atoms with Gasteiger partial charge in [0.1, 0.15) is 0 Å². The van der Waals surface area contributed by atoms with Crippen LogP contribution in [0.4, 0.5) is 0 Å². The monoisotopic (exact) mass is 334 g/mol. The Balaban J connectivity index is 1.84. The van der Waals surface area contributed by atoms with Crippen molar-refractivity contribution >= 4 is 10.9 Å². The molecule has 0 saturated carbocycles. The maximum absolute atomic E-state index is 11.5. The SMILES string of the molecule is CCCCCCC(Cc1cccnc1)c1ccc2[nH]c(=O)ccc2c1. The number of nitrogens with one attached hydrogen (secondary N) is 1. The smallest absolute Gasteiger partial charge is 0.248 e. The fourth-order valence-electron chi connectivity index (χ4n) is 3.43. The summed E-state index contributed by atoms with van der Waals surface area (Å²) in [7, 11) is 0. The van der Waals surface area contributed by atoms with Crippen molar-refractivity contribution in [3.05, 3.63) is 76.3 Å². The Morgan fingerprint density at radius 3 is 2.80 bits per heavy atom. The van der Waals surface area contributed by atoms with Gasteiger partial charge in [-0.25, -0.2) is 0 Å². The van der Waals surface area contributed by atoms with Gasteiger partial charge in [-0.05, 0) is 59.5 Å². The van der Waals surface area contributed by atoms with Gasteiger partial charge < -0.3 is 4.98 Å². The lowest BCUT2D eigenvalue weighted by molar-refractivity contribution is 0.551. The van der Waals surface area contributed by atoms with Crippen LogP contribution in [0.25, 0.3) is 10.9 Å². The maximum atomic E-state index is 11.5. The molecule has 3 aromatic rings. The van der Waals surface area contributed by atoms with Crippen LogP contribution in [-0.4, -0.2) is 9.97 Å². The van der Waals surface area contributed by atoms with E-state index in [1.807, 2.05) is 30.6 Å². The minimum absolute atomic E-state index is 0.0493. The van der Waals surface area contributed by atoms with Crippen molar-refractivity contribution in [2.45, 2.75) is 51.4 Å². The Bertz CT molecular complexity index is 855. The normalized spacial score (nSPS) is 12.4. The second kappa shape index (κ2) is 8.61. The molecule has 0 saturated heterocycles. The van der Waals surface area contributed by atoms with Crippen LogP contribution in [0.15, 0.2) is 59.7 Å². The van der Waals surface area contributed by atoms with Crippen LogP contribution in [0.1, 0.15) is 56.1 Å². The predicted molar refractivity (Wildman–Crippen MR) is 104 cm³/mol. The van der Waals surface area contributed by atoms with Gasteiger partial charge in [0.15, 0.2) is 0 Å². The molecule has 0 aliphatic carbocycles. The highest BCUT2D eigenvalue weighted by atomic mass is 16.1. The molecule has 3 heteroatoms. The summed E-state index contributed by atoms with van der Waals surface area (Å²) in [5.41, 5.74) is 3.48. The van der Waals surface area contributed by atoms with Gasteiger partial charge >= 0.3 is 0 Å². The molecular weight excluding hydrogens is 308 g/mol. The maximum Gasteiger partial charge on any atom is 0.248 e. The van der Waals surface area contributed by atoms with E-state index in [1.54, 1.807) is 6.07 Å². The molecule has 1 N–H and O–H groups in total. The van der Waals surface area contributed by atoms with E-state index in [9.17, 15) is 4.79 Å². The molecule has 0 radical (unpaired) electrons. The number of unbranched alkanes of at least 4 members (excludes halogenated alkanes) is 3. The first-order valence-corrected chi connectivity index (χ1v) is 9.28. The highest BCUT2D eigenvalue weighted by Gasteiger charge is 2.13. The average molecular weight is 334 g/mol. The van der Waals surface area contributed by atoms with Gasteiger partial charge in [0.25, 0.3) is 0 Å². The number of fused-ring (bicyclic) bond motifs is 1. The van der Waals surface area contributed by atoms with E-state index >= 15 is 0 Å². The third-order valence-corrected chi connectivity index (χ3v) is 4.83. The molecule has 25 heavy (non-hydrogen) atoms. The van der Waals surface area contributed by atoms with Gasteiger partial charge in [-0.1, -0.05) is 44.7 Å². The number of benzene rings is 1. The Kier molecular flexibility index (Phi) is 5.99. The van der Waals surface area contributed by atoms with Gasteiger partial charge in [-0.3, -0.25) is 9.78 Å². The summed E-state index contributed by atoms with van der Waals surface area (Å²) in [6.45, 7) is 2.25. The van der Waals surface area contributed by atoms with Crippen LogP contribution in [0.3, 0.4) is 0 Å². The topological polar surface area (TPSA) is 45.8 Å².